The van der Waals surface area contributed by atoms with E-state index in [-0.39, 0.29) is 5.56 Å². The van der Waals surface area contributed by atoms with E-state index >= 15 is 0 Å². The van der Waals surface area contributed by atoms with Crippen LogP contribution < -0.4 is 20.9 Å². The normalized spacial score (nSPS) is 11.7. The zero-order chi connectivity index (χ0) is 17.1. The predicted molar refractivity (Wildman–Crippen MR) is 100 cm³/mol. The first-order valence-corrected chi connectivity index (χ1v) is 8.39. The molecule has 0 aliphatic heterocycles. The fourth-order valence-corrected chi connectivity index (χ4v) is 2.81. The molecular formula is C19H17BrN2O2. The van der Waals surface area contributed by atoms with Gasteiger partial charge >= 0.3 is 0 Å². The van der Waals surface area contributed by atoms with Crippen LogP contribution in [0, 0.1) is 0 Å². The number of benzene rings is 2. The summed E-state index contributed by atoms with van der Waals surface area (Å²) >= 11 is 3.51. The third-order valence-corrected chi connectivity index (χ3v) is 4.32. The monoisotopic (exact) mass is 384 g/mol. The number of halogens is 1. The van der Waals surface area contributed by atoms with E-state index in [2.05, 4.69) is 27.6 Å². The second kappa shape index (κ2) is 6.93. The molecule has 0 aliphatic carbocycles. The average molecular weight is 385 g/mol. The molecule has 0 saturated carbocycles. The van der Waals surface area contributed by atoms with Gasteiger partial charge in [0.2, 0.25) is 0 Å². The molecule has 4 nitrogen and oxygen atoms in total. The van der Waals surface area contributed by atoms with Crippen molar-refractivity contribution in [3.63, 3.8) is 0 Å². The van der Waals surface area contributed by atoms with Crippen molar-refractivity contribution in [2.24, 2.45) is 0 Å². The Kier molecular flexibility index (Phi) is 4.71. The van der Waals surface area contributed by atoms with Crippen LogP contribution in [0.3, 0.4) is 0 Å². The van der Waals surface area contributed by atoms with Gasteiger partial charge in [-0.2, -0.15) is 0 Å². The predicted octanol–water partition coefficient (Wildman–Crippen LogP) is 2.57. The van der Waals surface area contributed by atoms with Gasteiger partial charge in [0.05, 0.1) is 22.9 Å². The highest BCUT2D eigenvalue weighted by molar-refractivity contribution is 9.10. The van der Waals surface area contributed by atoms with Gasteiger partial charge in [-0.1, -0.05) is 40.7 Å². The highest BCUT2D eigenvalue weighted by atomic mass is 79.9. The molecule has 0 saturated heterocycles. The standard InChI is InChI=1S/C19H17BrN2O2/c1-3-24-16-9-10-18(20)14(11-16)12-17-13(2)21-22(19(17)23)15-7-5-4-6-8-15/h4-12,21H,2-3H2,1H3/b17-12+. The second-order valence-corrected chi connectivity index (χ2v) is 6.10. The van der Waals surface area contributed by atoms with Crippen molar-refractivity contribution in [2.45, 2.75) is 6.92 Å². The lowest BCUT2D eigenvalue weighted by Crippen LogP contribution is -2.34. The molecule has 0 fully saturated rings. The van der Waals surface area contributed by atoms with Crippen LogP contribution in [-0.4, -0.2) is 16.4 Å². The first-order chi connectivity index (χ1) is 11.6. The number of nitrogens with zero attached hydrogens (tertiary/aromatic N) is 1. The number of nitrogens with one attached hydrogen (secondary N) is 1. The van der Waals surface area contributed by atoms with E-state index in [9.17, 15) is 4.79 Å². The number of para-hydroxylation sites is 1. The van der Waals surface area contributed by atoms with Crippen LogP contribution in [0.15, 0.2) is 57.8 Å². The van der Waals surface area contributed by atoms with Gasteiger partial charge in [-0.25, -0.2) is 4.68 Å². The van der Waals surface area contributed by atoms with Crippen LogP contribution in [0.1, 0.15) is 12.5 Å². The molecule has 0 amide bonds. The Balaban J connectivity index is 2.16. The van der Waals surface area contributed by atoms with E-state index in [1.54, 1.807) is 0 Å². The summed E-state index contributed by atoms with van der Waals surface area (Å²) in [5.41, 5.74) is 1.50. The topological polar surface area (TPSA) is 47.0 Å². The third kappa shape index (κ3) is 3.21. The van der Waals surface area contributed by atoms with Gasteiger partial charge in [-0.05, 0) is 48.9 Å². The molecule has 0 aliphatic rings. The van der Waals surface area contributed by atoms with E-state index in [0.717, 1.165) is 21.5 Å². The van der Waals surface area contributed by atoms with Gasteiger partial charge in [0.15, 0.2) is 0 Å². The molecule has 1 aromatic heterocycles. The molecule has 0 unspecified atom stereocenters. The van der Waals surface area contributed by atoms with Crippen LogP contribution in [0.5, 0.6) is 5.75 Å². The minimum absolute atomic E-state index is 0.139. The maximum atomic E-state index is 12.7. The molecular weight excluding hydrogens is 368 g/mol. The fourth-order valence-electron chi connectivity index (χ4n) is 2.45. The Hall–Kier alpha value is -2.53. The van der Waals surface area contributed by atoms with Crippen LogP contribution in [0.4, 0.5) is 0 Å². The van der Waals surface area contributed by atoms with Crippen molar-refractivity contribution < 1.29 is 4.74 Å². The second-order valence-electron chi connectivity index (χ2n) is 5.24. The zero-order valence-electron chi connectivity index (χ0n) is 13.3. The summed E-state index contributed by atoms with van der Waals surface area (Å²) in [5, 5.41) is 4.11. The molecule has 5 heteroatoms. The molecule has 2 aromatic carbocycles. The summed E-state index contributed by atoms with van der Waals surface area (Å²) in [5.74, 6) is 0.761. The maximum Gasteiger partial charge on any atom is 0.279 e. The lowest BCUT2D eigenvalue weighted by Gasteiger charge is -2.05. The molecule has 1 N–H and O–H groups in total. The summed E-state index contributed by atoms with van der Waals surface area (Å²) in [6.45, 7) is 6.48. The van der Waals surface area contributed by atoms with Crippen molar-refractivity contribution in [1.82, 2.24) is 9.78 Å². The molecule has 122 valence electrons. The Labute approximate surface area is 147 Å². The van der Waals surface area contributed by atoms with E-state index in [1.165, 1.54) is 4.68 Å². The molecule has 3 rings (SSSR count). The molecule has 3 aromatic rings. The lowest BCUT2D eigenvalue weighted by atomic mass is 10.2. The third-order valence-electron chi connectivity index (χ3n) is 3.60. The van der Waals surface area contributed by atoms with Crippen LogP contribution in [0.2, 0.25) is 0 Å². The number of H-pyrrole nitrogens is 1. The molecule has 0 atom stereocenters. The lowest BCUT2D eigenvalue weighted by molar-refractivity contribution is 0.340. The maximum absolute atomic E-state index is 12.7. The van der Waals surface area contributed by atoms with Crippen molar-refractivity contribution in [2.75, 3.05) is 6.61 Å². The Morgan fingerprint density at radius 3 is 2.71 bits per heavy atom. The van der Waals surface area contributed by atoms with Gasteiger partial charge < -0.3 is 4.74 Å². The highest BCUT2D eigenvalue weighted by Crippen LogP contribution is 2.23. The van der Waals surface area contributed by atoms with E-state index in [1.807, 2.05) is 61.5 Å². The molecule has 0 spiro atoms. The van der Waals surface area contributed by atoms with Gasteiger partial charge in [-0.3, -0.25) is 9.89 Å². The summed E-state index contributed by atoms with van der Waals surface area (Å²) < 4.78 is 7.91. The number of aromatic amines is 1. The zero-order valence-corrected chi connectivity index (χ0v) is 14.8. The van der Waals surface area contributed by atoms with Crippen LogP contribution >= 0.6 is 15.9 Å². The average Bonchev–Trinajstić information content (AvgIpc) is 2.87. The van der Waals surface area contributed by atoms with Crippen molar-refractivity contribution in [3.05, 3.63) is 79.5 Å². The minimum atomic E-state index is -0.139. The summed E-state index contributed by atoms with van der Waals surface area (Å²) in [6, 6.07) is 15.1. The molecule has 24 heavy (non-hydrogen) atoms. The Morgan fingerprint density at radius 1 is 1.25 bits per heavy atom. The Morgan fingerprint density at radius 2 is 2.00 bits per heavy atom. The van der Waals surface area contributed by atoms with Gasteiger partial charge in [-0.15, -0.1) is 0 Å². The van der Waals surface area contributed by atoms with Gasteiger partial charge in [0.1, 0.15) is 5.75 Å². The first-order valence-electron chi connectivity index (χ1n) is 7.59. The van der Waals surface area contributed by atoms with Crippen LogP contribution in [-0.2, 0) is 0 Å². The van der Waals surface area contributed by atoms with Gasteiger partial charge in [0, 0.05) is 4.47 Å². The van der Waals surface area contributed by atoms with Gasteiger partial charge in [0.25, 0.3) is 5.56 Å². The minimum Gasteiger partial charge on any atom is -0.494 e. The van der Waals surface area contributed by atoms with E-state index < -0.39 is 0 Å². The van der Waals surface area contributed by atoms with Crippen molar-refractivity contribution in [1.29, 1.82) is 0 Å². The van der Waals surface area contributed by atoms with Crippen molar-refractivity contribution in [3.8, 4) is 11.4 Å². The number of hydrogen-bond donors (Lipinski definition) is 1. The molecule has 0 radical (unpaired) electrons. The number of ether oxygens (including phenoxy) is 1. The summed E-state index contributed by atoms with van der Waals surface area (Å²) in [6.07, 6.45) is 1.81. The number of aromatic nitrogens is 2. The van der Waals surface area contributed by atoms with Crippen LogP contribution in [0.25, 0.3) is 18.3 Å². The van der Waals surface area contributed by atoms with E-state index in [0.29, 0.717) is 17.2 Å². The highest BCUT2D eigenvalue weighted by Gasteiger charge is 2.06. The smallest absolute Gasteiger partial charge is 0.279 e. The molecule has 1 heterocycles. The quantitative estimate of drug-likeness (QED) is 0.751. The largest absolute Gasteiger partial charge is 0.494 e. The summed E-state index contributed by atoms with van der Waals surface area (Å²) in [7, 11) is 0. The molecule has 0 bridgehead atoms. The van der Waals surface area contributed by atoms with E-state index in [4.69, 9.17) is 4.74 Å². The summed E-state index contributed by atoms with van der Waals surface area (Å²) in [4.78, 5) is 12.7. The number of hydrogen-bond acceptors (Lipinski definition) is 2. The first kappa shape index (κ1) is 16.3. The number of rotatable bonds is 4. The SMILES string of the molecule is C=c1[nH]n(-c2ccccc2)c(=O)/c1=C/c1cc(OCC)ccc1Br. The Bertz CT molecular complexity index is 1020. The fraction of sp³-hybridized carbons (Fsp3) is 0.105. The van der Waals surface area contributed by atoms with Crippen molar-refractivity contribution >= 4 is 28.6 Å².